The Balaban J connectivity index is 1.98. The summed E-state index contributed by atoms with van der Waals surface area (Å²) in [6, 6.07) is 6.78. The summed E-state index contributed by atoms with van der Waals surface area (Å²) < 4.78 is 5.93. The van der Waals surface area contributed by atoms with Gasteiger partial charge >= 0.3 is 6.03 Å². The molecule has 94 valence electrons. The minimum Gasteiger partial charge on any atom is -0.497 e. The molecule has 7 heteroatoms. The van der Waals surface area contributed by atoms with E-state index in [0.29, 0.717) is 16.6 Å². The third-order valence-electron chi connectivity index (χ3n) is 2.03. The van der Waals surface area contributed by atoms with Gasteiger partial charge in [-0.25, -0.2) is 9.78 Å². The summed E-state index contributed by atoms with van der Waals surface area (Å²) in [4.78, 5) is 15.7. The van der Waals surface area contributed by atoms with Gasteiger partial charge in [0.1, 0.15) is 5.75 Å². The smallest absolute Gasteiger partial charge is 0.325 e. The summed E-state index contributed by atoms with van der Waals surface area (Å²) in [5, 5.41) is 5.86. The van der Waals surface area contributed by atoms with E-state index in [2.05, 4.69) is 31.5 Å². The molecule has 0 radical (unpaired) electrons. The summed E-state index contributed by atoms with van der Waals surface area (Å²) >= 11 is 4.62. The highest BCUT2D eigenvalue weighted by molar-refractivity contribution is 9.11. The maximum Gasteiger partial charge on any atom is 0.325 e. The van der Waals surface area contributed by atoms with E-state index >= 15 is 0 Å². The van der Waals surface area contributed by atoms with Crippen molar-refractivity contribution in [2.24, 2.45) is 0 Å². The standard InChI is InChI=1S/C11H10BrN3O2S/c1-17-8-4-2-3-7(5-8)14-10(16)15-11-13-6-9(12)18-11/h2-6H,1H3,(H2,13,14,15,16). The number of urea groups is 1. The second kappa shape index (κ2) is 5.83. The molecule has 0 bridgehead atoms. The van der Waals surface area contributed by atoms with Crippen molar-refractivity contribution in [1.82, 2.24) is 4.98 Å². The number of aromatic nitrogens is 1. The van der Waals surface area contributed by atoms with Crippen molar-refractivity contribution in [2.45, 2.75) is 0 Å². The van der Waals surface area contributed by atoms with Crippen molar-refractivity contribution in [3.63, 3.8) is 0 Å². The topological polar surface area (TPSA) is 63.2 Å². The number of nitrogens with one attached hydrogen (secondary N) is 2. The third-order valence-corrected chi connectivity index (χ3v) is 3.42. The molecule has 0 aliphatic heterocycles. The van der Waals surface area contributed by atoms with Crippen LogP contribution in [-0.2, 0) is 0 Å². The van der Waals surface area contributed by atoms with Crippen LogP contribution in [0.25, 0.3) is 0 Å². The van der Waals surface area contributed by atoms with Gasteiger partial charge in [0, 0.05) is 11.8 Å². The molecule has 0 unspecified atom stereocenters. The van der Waals surface area contributed by atoms with Gasteiger partial charge in [0.15, 0.2) is 5.13 Å². The van der Waals surface area contributed by atoms with Gasteiger partial charge < -0.3 is 10.1 Å². The number of amides is 2. The van der Waals surface area contributed by atoms with Crippen LogP contribution in [0.2, 0.25) is 0 Å². The van der Waals surface area contributed by atoms with Crippen LogP contribution in [0.15, 0.2) is 34.2 Å². The van der Waals surface area contributed by atoms with E-state index in [4.69, 9.17) is 4.74 Å². The molecule has 1 aromatic carbocycles. The molecule has 2 aromatic rings. The van der Waals surface area contributed by atoms with E-state index in [0.717, 1.165) is 3.79 Å². The van der Waals surface area contributed by atoms with Gasteiger partial charge in [-0.3, -0.25) is 5.32 Å². The van der Waals surface area contributed by atoms with Crippen molar-refractivity contribution in [1.29, 1.82) is 0 Å². The molecule has 0 aliphatic rings. The predicted molar refractivity (Wildman–Crippen MR) is 75.4 cm³/mol. The lowest BCUT2D eigenvalue weighted by atomic mass is 10.3. The molecule has 2 N–H and O–H groups in total. The number of halogens is 1. The number of carbonyl (C=O) groups excluding carboxylic acids is 1. The van der Waals surface area contributed by atoms with Crippen LogP contribution in [0.4, 0.5) is 15.6 Å². The lowest BCUT2D eigenvalue weighted by Gasteiger charge is -2.06. The van der Waals surface area contributed by atoms with Crippen LogP contribution in [0, 0.1) is 0 Å². The van der Waals surface area contributed by atoms with Crippen molar-refractivity contribution >= 4 is 44.1 Å². The molecular formula is C11H10BrN3O2S. The Morgan fingerprint density at radius 3 is 2.94 bits per heavy atom. The number of nitrogens with zero attached hydrogens (tertiary/aromatic N) is 1. The van der Waals surface area contributed by atoms with E-state index in [1.54, 1.807) is 37.6 Å². The molecule has 1 heterocycles. The van der Waals surface area contributed by atoms with Crippen LogP contribution in [0.5, 0.6) is 5.75 Å². The monoisotopic (exact) mass is 327 g/mol. The largest absolute Gasteiger partial charge is 0.497 e. The molecular weight excluding hydrogens is 318 g/mol. The Kier molecular flexibility index (Phi) is 4.16. The van der Waals surface area contributed by atoms with Gasteiger partial charge in [0.25, 0.3) is 0 Å². The average Bonchev–Trinajstić information content (AvgIpc) is 2.74. The minimum absolute atomic E-state index is 0.342. The highest BCUT2D eigenvalue weighted by Gasteiger charge is 2.06. The molecule has 2 amide bonds. The Morgan fingerprint density at radius 2 is 2.28 bits per heavy atom. The van der Waals surface area contributed by atoms with E-state index in [1.165, 1.54) is 11.3 Å². The van der Waals surface area contributed by atoms with Crippen molar-refractivity contribution in [3.05, 3.63) is 34.2 Å². The van der Waals surface area contributed by atoms with Crippen LogP contribution in [0.1, 0.15) is 0 Å². The maximum atomic E-state index is 11.7. The number of hydrogen-bond donors (Lipinski definition) is 2. The number of ether oxygens (including phenoxy) is 1. The van der Waals surface area contributed by atoms with Crippen LogP contribution >= 0.6 is 27.3 Å². The molecule has 2 rings (SSSR count). The van der Waals surface area contributed by atoms with E-state index in [9.17, 15) is 4.79 Å². The predicted octanol–water partition coefficient (Wildman–Crippen LogP) is 3.56. The van der Waals surface area contributed by atoms with Crippen molar-refractivity contribution < 1.29 is 9.53 Å². The first-order chi connectivity index (χ1) is 8.67. The SMILES string of the molecule is COc1cccc(NC(=O)Nc2ncc(Br)s2)c1. The normalized spacial score (nSPS) is 9.89. The summed E-state index contributed by atoms with van der Waals surface area (Å²) in [5.74, 6) is 0.685. The van der Waals surface area contributed by atoms with E-state index in [-0.39, 0.29) is 6.03 Å². The molecule has 5 nitrogen and oxygen atoms in total. The van der Waals surface area contributed by atoms with Crippen LogP contribution in [-0.4, -0.2) is 18.1 Å². The first kappa shape index (κ1) is 12.8. The highest BCUT2D eigenvalue weighted by atomic mass is 79.9. The molecule has 0 aliphatic carbocycles. The first-order valence-corrected chi connectivity index (χ1v) is 6.62. The number of methoxy groups -OCH3 is 1. The van der Waals surface area contributed by atoms with Gasteiger partial charge in [-0.05, 0) is 28.1 Å². The zero-order valence-electron chi connectivity index (χ0n) is 9.44. The molecule has 0 saturated heterocycles. The summed E-state index contributed by atoms with van der Waals surface area (Å²) in [6.45, 7) is 0. The molecule has 0 fully saturated rings. The average molecular weight is 328 g/mol. The number of hydrogen-bond acceptors (Lipinski definition) is 4. The molecule has 0 atom stereocenters. The minimum atomic E-state index is -0.342. The summed E-state index contributed by atoms with van der Waals surface area (Å²) in [5.41, 5.74) is 0.655. The Bertz CT molecular complexity index is 559. The van der Waals surface area contributed by atoms with Gasteiger partial charge in [0.05, 0.1) is 17.1 Å². The number of benzene rings is 1. The highest BCUT2D eigenvalue weighted by Crippen LogP contribution is 2.23. The van der Waals surface area contributed by atoms with Gasteiger partial charge in [-0.15, -0.1) is 0 Å². The van der Waals surface area contributed by atoms with Crippen LogP contribution in [0.3, 0.4) is 0 Å². The fraction of sp³-hybridized carbons (Fsp3) is 0.0909. The second-order valence-electron chi connectivity index (χ2n) is 3.28. The molecule has 18 heavy (non-hydrogen) atoms. The third kappa shape index (κ3) is 3.44. The fourth-order valence-electron chi connectivity index (χ4n) is 1.27. The summed E-state index contributed by atoms with van der Waals surface area (Å²) in [7, 11) is 1.58. The first-order valence-electron chi connectivity index (χ1n) is 5.01. The van der Waals surface area contributed by atoms with Crippen molar-refractivity contribution in [3.8, 4) is 5.75 Å². The Hall–Kier alpha value is -1.60. The van der Waals surface area contributed by atoms with E-state index in [1.807, 2.05) is 0 Å². The zero-order chi connectivity index (χ0) is 13.0. The Labute approximate surface area is 116 Å². The van der Waals surface area contributed by atoms with E-state index < -0.39 is 0 Å². The summed E-state index contributed by atoms with van der Waals surface area (Å²) in [6.07, 6.45) is 1.63. The molecule has 1 aromatic heterocycles. The second-order valence-corrected chi connectivity index (χ2v) is 5.69. The molecule has 0 saturated carbocycles. The van der Waals surface area contributed by atoms with Gasteiger partial charge in [0.2, 0.25) is 0 Å². The number of thiazole rings is 1. The quantitative estimate of drug-likeness (QED) is 0.905. The maximum absolute atomic E-state index is 11.7. The Morgan fingerprint density at radius 1 is 1.44 bits per heavy atom. The lowest BCUT2D eigenvalue weighted by molar-refractivity contribution is 0.262. The number of anilines is 2. The molecule has 0 spiro atoms. The van der Waals surface area contributed by atoms with Crippen LogP contribution < -0.4 is 15.4 Å². The number of carbonyl (C=O) groups is 1. The van der Waals surface area contributed by atoms with Gasteiger partial charge in [-0.1, -0.05) is 17.4 Å². The lowest BCUT2D eigenvalue weighted by Crippen LogP contribution is -2.19. The zero-order valence-corrected chi connectivity index (χ0v) is 11.8. The fourth-order valence-corrected chi connectivity index (χ4v) is 2.37. The van der Waals surface area contributed by atoms with Gasteiger partial charge in [-0.2, -0.15) is 0 Å². The number of rotatable bonds is 3. The van der Waals surface area contributed by atoms with Crippen molar-refractivity contribution in [2.75, 3.05) is 17.7 Å².